The lowest BCUT2D eigenvalue weighted by molar-refractivity contribution is -0.0663. The average molecular weight is 292 g/mol. The van der Waals surface area contributed by atoms with Crippen LogP contribution in [-0.4, -0.2) is 30.2 Å². The monoisotopic (exact) mass is 292 g/mol. The summed E-state index contributed by atoms with van der Waals surface area (Å²) < 4.78 is 5.09. The molecule has 0 aliphatic heterocycles. The van der Waals surface area contributed by atoms with E-state index in [1.807, 2.05) is 27.7 Å². The molecular formula is C16H24N2O3. The molecule has 1 aromatic rings. The number of aromatic hydroxyl groups is 1. The van der Waals surface area contributed by atoms with E-state index >= 15 is 0 Å². The van der Waals surface area contributed by atoms with Crippen molar-refractivity contribution in [3.05, 3.63) is 23.8 Å². The molecule has 21 heavy (non-hydrogen) atoms. The second-order valence-electron chi connectivity index (χ2n) is 6.91. The maximum atomic E-state index is 12.5. The van der Waals surface area contributed by atoms with Gasteiger partial charge in [0.05, 0.1) is 12.7 Å². The van der Waals surface area contributed by atoms with Crippen molar-refractivity contribution in [3.8, 4) is 11.5 Å². The molecule has 1 amide bonds. The van der Waals surface area contributed by atoms with E-state index in [-0.39, 0.29) is 40.1 Å². The van der Waals surface area contributed by atoms with Crippen LogP contribution >= 0.6 is 0 Å². The predicted molar refractivity (Wildman–Crippen MR) is 81.5 cm³/mol. The van der Waals surface area contributed by atoms with E-state index in [4.69, 9.17) is 10.5 Å². The zero-order valence-corrected chi connectivity index (χ0v) is 13.2. The molecule has 116 valence electrons. The van der Waals surface area contributed by atoms with Gasteiger partial charge >= 0.3 is 0 Å². The maximum Gasteiger partial charge on any atom is 0.255 e. The molecule has 1 aromatic carbocycles. The van der Waals surface area contributed by atoms with Gasteiger partial charge in [-0.25, -0.2) is 0 Å². The SMILES string of the molecule is COc1ccc(O)c(C(=O)NC2C(C)(C)C(N)C2(C)C)c1. The number of phenolic OH excluding ortho intramolecular Hbond substituents is 1. The number of nitrogens with one attached hydrogen (secondary N) is 1. The van der Waals surface area contributed by atoms with Crippen LogP contribution in [0, 0.1) is 10.8 Å². The smallest absolute Gasteiger partial charge is 0.255 e. The Morgan fingerprint density at radius 2 is 1.86 bits per heavy atom. The Hall–Kier alpha value is -1.75. The molecule has 0 saturated heterocycles. The second-order valence-corrected chi connectivity index (χ2v) is 6.91. The summed E-state index contributed by atoms with van der Waals surface area (Å²) in [5, 5.41) is 12.9. The van der Waals surface area contributed by atoms with Crippen molar-refractivity contribution < 1.29 is 14.6 Å². The van der Waals surface area contributed by atoms with Crippen LogP contribution in [0.5, 0.6) is 11.5 Å². The molecule has 0 atom stereocenters. The van der Waals surface area contributed by atoms with Crippen LogP contribution in [0.3, 0.4) is 0 Å². The summed E-state index contributed by atoms with van der Waals surface area (Å²) in [5.74, 6) is 0.152. The molecule has 1 aliphatic carbocycles. The number of benzene rings is 1. The molecule has 0 spiro atoms. The van der Waals surface area contributed by atoms with Crippen LogP contribution in [0.2, 0.25) is 0 Å². The van der Waals surface area contributed by atoms with Crippen molar-refractivity contribution >= 4 is 5.91 Å². The molecule has 1 saturated carbocycles. The zero-order chi connectivity index (χ0) is 16.0. The van der Waals surface area contributed by atoms with Crippen LogP contribution in [0.25, 0.3) is 0 Å². The fourth-order valence-electron chi connectivity index (χ4n) is 3.59. The van der Waals surface area contributed by atoms with Gasteiger partial charge in [-0.15, -0.1) is 0 Å². The molecule has 0 bridgehead atoms. The quantitative estimate of drug-likeness (QED) is 0.794. The van der Waals surface area contributed by atoms with Crippen LogP contribution in [0.1, 0.15) is 38.1 Å². The fourth-order valence-corrected chi connectivity index (χ4v) is 3.59. The number of methoxy groups -OCH3 is 1. The van der Waals surface area contributed by atoms with Gasteiger partial charge in [-0.3, -0.25) is 4.79 Å². The molecule has 5 heteroatoms. The molecular weight excluding hydrogens is 268 g/mol. The predicted octanol–water partition coefficient (Wildman–Crippen LogP) is 1.89. The van der Waals surface area contributed by atoms with Crippen molar-refractivity contribution in [1.29, 1.82) is 0 Å². The number of carbonyl (C=O) groups is 1. The van der Waals surface area contributed by atoms with Gasteiger partial charge < -0.3 is 20.9 Å². The topological polar surface area (TPSA) is 84.6 Å². The van der Waals surface area contributed by atoms with Gasteiger partial charge in [0.2, 0.25) is 0 Å². The Bertz CT molecular complexity index is 551. The lowest BCUT2D eigenvalue weighted by Crippen LogP contribution is -2.76. The lowest BCUT2D eigenvalue weighted by atomic mass is 9.48. The molecule has 1 aliphatic rings. The van der Waals surface area contributed by atoms with E-state index in [9.17, 15) is 9.90 Å². The van der Waals surface area contributed by atoms with Gasteiger partial charge in [0, 0.05) is 22.9 Å². The number of hydrogen-bond donors (Lipinski definition) is 3. The molecule has 0 radical (unpaired) electrons. The third-order valence-corrected chi connectivity index (χ3v) is 4.81. The lowest BCUT2D eigenvalue weighted by Gasteiger charge is -2.62. The highest BCUT2D eigenvalue weighted by molar-refractivity contribution is 5.97. The average Bonchev–Trinajstić information content (AvgIpc) is 2.43. The summed E-state index contributed by atoms with van der Waals surface area (Å²) in [6.45, 7) is 8.16. The Labute approximate surface area is 125 Å². The number of phenols is 1. The van der Waals surface area contributed by atoms with E-state index in [0.717, 1.165) is 0 Å². The fraction of sp³-hybridized carbons (Fsp3) is 0.562. The maximum absolute atomic E-state index is 12.5. The highest BCUT2D eigenvalue weighted by Crippen LogP contribution is 2.52. The van der Waals surface area contributed by atoms with Crippen molar-refractivity contribution in [2.45, 2.75) is 39.8 Å². The van der Waals surface area contributed by atoms with E-state index in [1.165, 1.54) is 19.2 Å². The van der Waals surface area contributed by atoms with Crippen LogP contribution < -0.4 is 15.8 Å². The molecule has 4 N–H and O–H groups in total. The second kappa shape index (κ2) is 4.91. The summed E-state index contributed by atoms with van der Waals surface area (Å²) in [5.41, 5.74) is 6.03. The highest BCUT2D eigenvalue weighted by Gasteiger charge is 2.60. The summed E-state index contributed by atoms with van der Waals surface area (Å²) in [7, 11) is 1.52. The number of ether oxygens (including phenoxy) is 1. The molecule has 5 nitrogen and oxygen atoms in total. The number of hydrogen-bond acceptors (Lipinski definition) is 4. The molecule has 1 fully saturated rings. The Morgan fingerprint density at radius 3 is 2.38 bits per heavy atom. The summed E-state index contributed by atoms with van der Waals surface area (Å²) in [6, 6.07) is 4.55. The van der Waals surface area contributed by atoms with Crippen molar-refractivity contribution in [3.63, 3.8) is 0 Å². The summed E-state index contributed by atoms with van der Waals surface area (Å²) in [6.07, 6.45) is 0. The van der Waals surface area contributed by atoms with Gasteiger partial charge in [0.25, 0.3) is 5.91 Å². The number of nitrogens with two attached hydrogens (primary N) is 1. The van der Waals surface area contributed by atoms with Crippen molar-refractivity contribution in [2.75, 3.05) is 7.11 Å². The van der Waals surface area contributed by atoms with E-state index in [0.29, 0.717) is 5.75 Å². The zero-order valence-electron chi connectivity index (χ0n) is 13.2. The normalized spacial score (nSPS) is 25.8. The van der Waals surface area contributed by atoms with Gasteiger partial charge in [-0.2, -0.15) is 0 Å². The first-order chi connectivity index (χ1) is 9.62. The largest absolute Gasteiger partial charge is 0.507 e. The van der Waals surface area contributed by atoms with Gasteiger partial charge in [0.15, 0.2) is 0 Å². The van der Waals surface area contributed by atoms with E-state index in [1.54, 1.807) is 6.07 Å². The van der Waals surface area contributed by atoms with Crippen molar-refractivity contribution in [2.24, 2.45) is 16.6 Å². The first kappa shape index (κ1) is 15.6. The minimum Gasteiger partial charge on any atom is -0.507 e. The molecule has 0 heterocycles. The standard InChI is InChI=1S/C16H24N2O3/c1-15(2)13(17)16(3,4)14(15)18-12(20)10-8-9(21-5)6-7-11(10)19/h6-8,13-14,19H,17H2,1-5H3,(H,18,20). The Morgan fingerprint density at radius 1 is 1.29 bits per heavy atom. The minimum atomic E-state index is -0.315. The van der Waals surface area contributed by atoms with Crippen LogP contribution in [0.4, 0.5) is 0 Å². The highest BCUT2D eigenvalue weighted by atomic mass is 16.5. The summed E-state index contributed by atoms with van der Waals surface area (Å²) >= 11 is 0. The molecule has 0 unspecified atom stereocenters. The van der Waals surface area contributed by atoms with E-state index < -0.39 is 0 Å². The first-order valence-corrected chi connectivity index (χ1v) is 7.05. The third-order valence-electron chi connectivity index (χ3n) is 4.81. The Kier molecular flexibility index (Phi) is 3.66. The van der Waals surface area contributed by atoms with Crippen LogP contribution in [-0.2, 0) is 0 Å². The number of carbonyl (C=O) groups excluding carboxylic acids is 1. The first-order valence-electron chi connectivity index (χ1n) is 7.05. The summed E-state index contributed by atoms with van der Waals surface area (Å²) in [4.78, 5) is 12.5. The molecule has 0 aromatic heterocycles. The van der Waals surface area contributed by atoms with Gasteiger partial charge in [-0.1, -0.05) is 27.7 Å². The number of amides is 1. The molecule has 2 rings (SSSR count). The Balaban J connectivity index is 2.23. The van der Waals surface area contributed by atoms with Gasteiger partial charge in [-0.05, 0) is 18.2 Å². The number of rotatable bonds is 3. The minimum absolute atomic E-state index is 0.00852. The van der Waals surface area contributed by atoms with Crippen LogP contribution in [0.15, 0.2) is 18.2 Å². The van der Waals surface area contributed by atoms with Crippen molar-refractivity contribution in [1.82, 2.24) is 5.32 Å². The van der Waals surface area contributed by atoms with E-state index in [2.05, 4.69) is 5.32 Å². The third kappa shape index (κ3) is 2.35. The van der Waals surface area contributed by atoms with Gasteiger partial charge in [0.1, 0.15) is 11.5 Å².